The van der Waals surface area contributed by atoms with Crippen molar-refractivity contribution >= 4 is 23.2 Å². The predicted molar refractivity (Wildman–Crippen MR) is 102 cm³/mol. The number of fused-ring (bicyclic) bond motifs is 1. The molecule has 4 rings (SSSR count). The van der Waals surface area contributed by atoms with Crippen LogP contribution in [0.5, 0.6) is 0 Å². The van der Waals surface area contributed by atoms with Crippen LogP contribution in [0, 0.1) is 32.1 Å². The Kier molecular flexibility index (Phi) is 3.74. The molecule has 1 saturated heterocycles. The molecule has 2 N–H and O–H groups in total. The molecule has 2 aromatic rings. The molecule has 1 aromatic carbocycles. The Balaban J connectivity index is 1.71. The number of carbonyl (C=O) groups is 2. The van der Waals surface area contributed by atoms with E-state index in [1.807, 2.05) is 13.8 Å². The summed E-state index contributed by atoms with van der Waals surface area (Å²) in [6.07, 6.45) is 0.799. The van der Waals surface area contributed by atoms with Gasteiger partial charge in [-0.25, -0.2) is 4.98 Å². The topological polar surface area (TPSA) is 76.3 Å². The molecule has 5 nitrogen and oxygen atoms in total. The van der Waals surface area contributed by atoms with Gasteiger partial charge in [-0.1, -0.05) is 29.3 Å². The fourth-order valence-corrected chi connectivity index (χ4v) is 5.34. The van der Waals surface area contributed by atoms with Crippen molar-refractivity contribution in [3.8, 4) is 10.4 Å². The molecule has 6 heteroatoms. The summed E-state index contributed by atoms with van der Waals surface area (Å²) in [6, 6.07) is 6.31. The highest BCUT2D eigenvalue weighted by Gasteiger charge is 2.68. The first kappa shape index (κ1) is 17.2. The summed E-state index contributed by atoms with van der Waals surface area (Å²) in [6.45, 7) is 8.45. The summed E-state index contributed by atoms with van der Waals surface area (Å²) < 4.78 is 0. The molecule has 3 atom stereocenters. The van der Waals surface area contributed by atoms with Crippen molar-refractivity contribution in [2.24, 2.45) is 17.1 Å². The molecule has 2 fully saturated rings. The van der Waals surface area contributed by atoms with Crippen LogP contribution in [-0.2, 0) is 4.79 Å². The molecule has 1 aliphatic heterocycles. The van der Waals surface area contributed by atoms with Crippen LogP contribution in [0.25, 0.3) is 10.4 Å². The average molecular weight is 369 g/mol. The number of hydrogen-bond donors (Lipinski definition) is 1. The number of likely N-dealkylation sites (tertiary alicyclic amines) is 1. The quantitative estimate of drug-likeness (QED) is 0.903. The molecule has 1 saturated carbocycles. The highest BCUT2D eigenvalue weighted by molar-refractivity contribution is 7.15. The van der Waals surface area contributed by atoms with Crippen LogP contribution in [-0.4, -0.2) is 34.3 Å². The predicted octanol–water partition coefficient (Wildman–Crippen LogP) is 3.07. The number of nitrogens with zero attached hydrogens (tertiary/aromatic N) is 2. The molecule has 26 heavy (non-hydrogen) atoms. The summed E-state index contributed by atoms with van der Waals surface area (Å²) in [4.78, 5) is 32.4. The Morgan fingerprint density at radius 2 is 1.88 bits per heavy atom. The maximum atomic E-state index is 13.3. The maximum Gasteiger partial charge on any atom is 0.274 e. The molecule has 2 aliphatic rings. The largest absolute Gasteiger partial charge is 0.369 e. The number of nitrogens with two attached hydrogens (primary N) is 1. The van der Waals surface area contributed by atoms with Gasteiger partial charge in [0.1, 0.15) is 5.69 Å². The van der Waals surface area contributed by atoms with Crippen molar-refractivity contribution < 1.29 is 9.59 Å². The first-order chi connectivity index (χ1) is 12.2. The Labute approximate surface area is 157 Å². The monoisotopic (exact) mass is 369 g/mol. The van der Waals surface area contributed by atoms with Crippen molar-refractivity contribution in [2.75, 3.05) is 6.54 Å². The fourth-order valence-electron chi connectivity index (χ4n) is 4.44. The van der Waals surface area contributed by atoms with E-state index in [-0.39, 0.29) is 23.8 Å². The lowest BCUT2D eigenvalue weighted by Crippen LogP contribution is -2.39. The molecule has 0 radical (unpaired) electrons. The van der Waals surface area contributed by atoms with Crippen LogP contribution in [0.2, 0.25) is 0 Å². The minimum absolute atomic E-state index is 0.0177. The SMILES string of the molecule is Cc1cc(C)cc(-c2sc(C)nc2C(=O)N2C[C@@]3(C(N)=O)C[C@@H]3[C@@H]2C)c1. The molecule has 1 aliphatic carbocycles. The van der Waals surface area contributed by atoms with Crippen LogP contribution in [0.15, 0.2) is 18.2 Å². The van der Waals surface area contributed by atoms with Gasteiger partial charge < -0.3 is 10.6 Å². The van der Waals surface area contributed by atoms with Crippen molar-refractivity contribution in [3.63, 3.8) is 0 Å². The highest BCUT2D eigenvalue weighted by Crippen LogP contribution is 2.60. The zero-order valence-corrected chi connectivity index (χ0v) is 16.3. The van der Waals surface area contributed by atoms with Crippen LogP contribution in [0.1, 0.15) is 40.0 Å². The van der Waals surface area contributed by atoms with Crippen molar-refractivity contribution in [2.45, 2.75) is 40.2 Å². The maximum absolute atomic E-state index is 13.3. The second-order valence-electron chi connectivity index (χ2n) is 7.79. The van der Waals surface area contributed by atoms with Crippen molar-refractivity contribution in [3.05, 3.63) is 40.0 Å². The van der Waals surface area contributed by atoms with Crippen LogP contribution < -0.4 is 5.73 Å². The number of amides is 2. The van der Waals surface area contributed by atoms with Gasteiger partial charge in [0.05, 0.1) is 15.3 Å². The second-order valence-corrected chi connectivity index (χ2v) is 8.99. The first-order valence-corrected chi connectivity index (χ1v) is 9.71. The fraction of sp³-hybridized carbons (Fsp3) is 0.450. The molecule has 2 heterocycles. The zero-order valence-electron chi connectivity index (χ0n) is 15.5. The lowest BCUT2D eigenvalue weighted by atomic mass is 10.0. The standard InChI is InChI=1S/C20H23N3O2S/c1-10-5-11(2)7-14(6-10)17-16(22-13(4)26-17)18(24)23-9-20(19(21)25)8-15(20)12(23)3/h5-7,12,15H,8-9H2,1-4H3,(H2,21,25)/t12-,15+,20-/m0/s1. The summed E-state index contributed by atoms with van der Waals surface area (Å²) in [7, 11) is 0. The Morgan fingerprint density at radius 1 is 1.23 bits per heavy atom. The van der Waals surface area contributed by atoms with Gasteiger partial charge >= 0.3 is 0 Å². The summed E-state index contributed by atoms with van der Waals surface area (Å²) in [5.74, 6) is -0.189. The van der Waals surface area contributed by atoms with E-state index in [1.54, 1.807) is 16.2 Å². The number of aromatic nitrogens is 1. The summed E-state index contributed by atoms with van der Waals surface area (Å²) >= 11 is 1.54. The highest BCUT2D eigenvalue weighted by atomic mass is 32.1. The summed E-state index contributed by atoms with van der Waals surface area (Å²) in [5.41, 5.74) is 8.93. The van der Waals surface area contributed by atoms with E-state index in [2.05, 4.69) is 37.0 Å². The smallest absolute Gasteiger partial charge is 0.274 e. The molecule has 1 aromatic heterocycles. The van der Waals surface area contributed by atoms with Crippen molar-refractivity contribution in [1.82, 2.24) is 9.88 Å². The van der Waals surface area contributed by atoms with E-state index in [4.69, 9.17) is 5.73 Å². The average Bonchev–Trinajstić information content (AvgIpc) is 3.06. The lowest BCUT2D eigenvalue weighted by molar-refractivity contribution is -0.123. The van der Waals surface area contributed by atoms with Gasteiger partial charge in [-0.15, -0.1) is 11.3 Å². The van der Waals surface area contributed by atoms with Crippen LogP contribution >= 0.6 is 11.3 Å². The molecule has 0 unspecified atom stereocenters. The number of primary amides is 1. The van der Waals surface area contributed by atoms with Crippen LogP contribution in [0.3, 0.4) is 0 Å². The third-order valence-corrected chi connectivity index (χ3v) is 6.85. The number of aryl methyl sites for hydroxylation is 3. The van der Waals surface area contributed by atoms with Gasteiger partial charge in [-0.3, -0.25) is 9.59 Å². The van der Waals surface area contributed by atoms with Gasteiger partial charge in [0.2, 0.25) is 5.91 Å². The second kappa shape index (κ2) is 5.64. The van der Waals surface area contributed by atoms with Crippen molar-refractivity contribution in [1.29, 1.82) is 0 Å². The minimum Gasteiger partial charge on any atom is -0.369 e. The van der Waals surface area contributed by atoms with Gasteiger partial charge in [-0.05, 0) is 45.6 Å². The van der Waals surface area contributed by atoms with E-state index in [0.29, 0.717) is 12.2 Å². The molecule has 136 valence electrons. The third-order valence-electron chi connectivity index (χ3n) is 5.83. The van der Waals surface area contributed by atoms with Crippen LogP contribution in [0.4, 0.5) is 0 Å². The molecular weight excluding hydrogens is 346 g/mol. The Morgan fingerprint density at radius 3 is 2.46 bits per heavy atom. The van der Waals surface area contributed by atoms with E-state index in [0.717, 1.165) is 33.0 Å². The number of piperidine rings is 1. The Hall–Kier alpha value is -2.21. The number of carbonyl (C=O) groups excluding carboxylic acids is 2. The van der Waals surface area contributed by atoms with Gasteiger partial charge in [0.15, 0.2) is 0 Å². The zero-order chi connectivity index (χ0) is 18.8. The molecule has 2 amide bonds. The summed E-state index contributed by atoms with van der Waals surface area (Å²) in [5, 5.41) is 0.865. The number of rotatable bonds is 3. The third kappa shape index (κ3) is 2.47. The van der Waals surface area contributed by atoms with Gasteiger partial charge in [0, 0.05) is 12.6 Å². The number of hydrogen-bond acceptors (Lipinski definition) is 4. The van der Waals surface area contributed by atoms with E-state index in [1.165, 1.54) is 0 Å². The lowest BCUT2D eigenvalue weighted by Gasteiger charge is -2.24. The van der Waals surface area contributed by atoms with Gasteiger partial charge in [0.25, 0.3) is 5.91 Å². The molecular formula is C20H23N3O2S. The van der Waals surface area contributed by atoms with E-state index < -0.39 is 5.41 Å². The normalized spacial score (nSPS) is 26.7. The van der Waals surface area contributed by atoms with E-state index in [9.17, 15) is 9.59 Å². The van der Waals surface area contributed by atoms with E-state index >= 15 is 0 Å². The number of benzene rings is 1. The first-order valence-electron chi connectivity index (χ1n) is 8.90. The molecule has 0 bridgehead atoms. The number of thiazole rings is 1. The molecule has 0 spiro atoms. The van der Waals surface area contributed by atoms with Gasteiger partial charge in [-0.2, -0.15) is 0 Å². The minimum atomic E-state index is -0.514. The Bertz CT molecular complexity index is 915.